The third kappa shape index (κ3) is 3.12. The molecule has 6 heteroatoms. The summed E-state index contributed by atoms with van der Waals surface area (Å²) in [6.07, 6.45) is 4.90. The molecule has 2 aliphatic heterocycles. The van der Waals surface area contributed by atoms with E-state index in [0.717, 1.165) is 62.6 Å². The highest BCUT2D eigenvalue weighted by molar-refractivity contribution is 5.86. The second kappa shape index (κ2) is 7.16. The molecule has 0 spiro atoms. The van der Waals surface area contributed by atoms with Crippen LogP contribution in [-0.4, -0.2) is 70.5 Å². The maximum absolute atomic E-state index is 13.7. The van der Waals surface area contributed by atoms with Crippen molar-refractivity contribution in [2.75, 3.05) is 39.3 Å². The number of carbonyl (C=O) groups excluding carboxylic acids is 1. The van der Waals surface area contributed by atoms with Crippen LogP contribution >= 0.6 is 0 Å². The molecule has 1 aromatic heterocycles. The van der Waals surface area contributed by atoms with E-state index in [4.69, 9.17) is 0 Å². The monoisotopic (exact) mass is 384 g/mol. The molecule has 0 unspecified atom stereocenters. The van der Waals surface area contributed by atoms with Gasteiger partial charge in [0.1, 0.15) is 5.82 Å². The largest absolute Gasteiger partial charge is 0.346 e. The van der Waals surface area contributed by atoms with Crippen LogP contribution in [0.3, 0.4) is 0 Å². The van der Waals surface area contributed by atoms with Crippen molar-refractivity contribution in [2.45, 2.75) is 38.3 Å². The number of hydrogen-bond donors (Lipinski definition) is 0. The van der Waals surface area contributed by atoms with Crippen molar-refractivity contribution >= 4 is 16.8 Å². The van der Waals surface area contributed by atoms with E-state index in [2.05, 4.69) is 14.4 Å². The van der Waals surface area contributed by atoms with Crippen LogP contribution in [0.15, 0.2) is 18.2 Å². The van der Waals surface area contributed by atoms with Gasteiger partial charge >= 0.3 is 0 Å². The number of aromatic nitrogens is 1. The molecule has 5 rings (SSSR count). The quantitative estimate of drug-likeness (QED) is 0.814. The molecule has 3 aliphatic rings. The Morgan fingerprint density at radius 2 is 1.93 bits per heavy atom. The van der Waals surface area contributed by atoms with Crippen LogP contribution < -0.4 is 0 Å². The van der Waals surface area contributed by atoms with Gasteiger partial charge in [0.05, 0.1) is 6.54 Å². The first-order valence-corrected chi connectivity index (χ1v) is 10.6. The number of rotatable bonds is 3. The van der Waals surface area contributed by atoms with E-state index in [1.807, 2.05) is 18.0 Å². The van der Waals surface area contributed by atoms with Crippen molar-refractivity contribution in [3.8, 4) is 0 Å². The maximum atomic E-state index is 13.7. The summed E-state index contributed by atoms with van der Waals surface area (Å²) < 4.78 is 15.9. The number of piperazine rings is 1. The van der Waals surface area contributed by atoms with E-state index in [-0.39, 0.29) is 11.7 Å². The molecule has 28 heavy (non-hydrogen) atoms. The highest BCUT2D eigenvalue weighted by atomic mass is 19.1. The lowest BCUT2D eigenvalue weighted by Crippen LogP contribution is -2.55. The third-order valence-corrected chi connectivity index (χ3v) is 7.07. The third-order valence-electron chi connectivity index (χ3n) is 7.07. The smallest absolute Gasteiger partial charge is 0.236 e. The van der Waals surface area contributed by atoms with E-state index < -0.39 is 0 Å². The number of benzene rings is 1. The van der Waals surface area contributed by atoms with Gasteiger partial charge in [-0.15, -0.1) is 0 Å². The number of carbonyl (C=O) groups is 1. The average molecular weight is 384 g/mol. The molecule has 1 saturated carbocycles. The number of aryl methyl sites for hydroxylation is 1. The van der Waals surface area contributed by atoms with Crippen LogP contribution in [0, 0.1) is 5.82 Å². The fourth-order valence-electron chi connectivity index (χ4n) is 5.10. The summed E-state index contributed by atoms with van der Waals surface area (Å²) in [6, 6.07) is 5.81. The normalized spacial score (nSPS) is 21.7. The Labute approximate surface area is 165 Å². The molecule has 0 radical (unpaired) electrons. The van der Waals surface area contributed by atoms with Gasteiger partial charge < -0.3 is 9.47 Å². The predicted octanol–water partition coefficient (Wildman–Crippen LogP) is 2.37. The van der Waals surface area contributed by atoms with E-state index >= 15 is 0 Å². The van der Waals surface area contributed by atoms with Crippen molar-refractivity contribution in [2.24, 2.45) is 7.05 Å². The summed E-state index contributed by atoms with van der Waals surface area (Å²) in [5.41, 5.74) is 3.54. The lowest BCUT2D eigenvalue weighted by Gasteiger charge is -2.43. The Hall–Kier alpha value is -1.92. The van der Waals surface area contributed by atoms with Gasteiger partial charge in [0.2, 0.25) is 5.91 Å². The topological polar surface area (TPSA) is 31.7 Å². The van der Waals surface area contributed by atoms with E-state index in [9.17, 15) is 9.18 Å². The number of amides is 1. The van der Waals surface area contributed by atoms with Crippen molar-refractivity contribution in [3.63, 3.8) is 0 Å². The van der Waals surface area contributed by atoms with Crippen molar-refractivity contribution in [1.82, 2.24) is 19.3 Å². The van der Waals surface area contributed by atoms with Gasteiger partial charge in [0.25, 0.3) is 0 Å². The maximum Gasteiger partial charge on any atom is 0.236 e. The summed E-state index contributed by atoms with van der Waals surface area (Å²) in [6.45, 7) is 5.87. The Morgan fingerprint density at radius 3 is 2.64 bits per heavy atom. The van der Waals surface area contributed by atoms with Crippen molar-refractivity contribution in [1.29, 1.82) is 0 Å². The molecule has 150 valence electrons. The first-order chi connectivity index (χ1) is 13.6. The van der Waals surface area contributed by atoms with E-state index in [0.29, 0.717) is 6.54 Å². The molecule has 0 atom stereocenters. The summed E-state index contributed by atoms with van der Waals surface area (Å²) >= 11 is 0. The molecule has 1 amide bonds. The Morgan fingerprint density at radius 1 is 1.14 bits per heavy atom. The van der Waals surface area contributed by atoms with Gasteiger partial charge in [0.15, 0.2) is 0 Å². The van der Waals surface area contributed by atoms with Gasteiger partial charge in [-0.25, -0.2) is 4.39 Å². The van der Waals surface area contributed by atoms with Gasteiger partial charge in [-0.3, -0.25) is 14.6 Å². The minimum Gasteiger partial charge on any atom is -0.346 e. The van der Waals surface area contributed by atoms with Gasteiger partial charge in [-0.05, 0) is 43.0 Å². The van der Waals surface area contributed by atoms with Gasteiger partial charge in [0, 0.05) is 69.0 Å². The average Bonchev–Trinajstić information content (AvgIpc) is 2.92. The first kappa shape index (κ1) is 18.1. The SMILES string of the molecule is Cn1c2c(c3cc(F)ccc31)CCN(CC(=O)N1CCN(C3CCC3)CC1)C2. The standard InChI is InChI=1S/C22H29FN4O/c1-24-20-6-5-16(23)13-19(20)18-7-8-25(14-21(18)24)15-22(28)27-11-9-26(10-12-27)17-3-2-4-17/h5-6,13,17H,2-4,7-12,14-15H2,1H3. The Bertz CT molecular complexity index is 896. The van der Waals surface area contributed by atoms with E-state index in [1.54, 1.807) is 6.07 Å². The van der Waals surface area contributed by atoms with Crippen molar-refractivity contribution < 1.29 is 9.18 Å². The van der Waals surface area contributed by atoms with Crippen LogP contribution in [0.1, 0.15) is 30.5 Å². The molecule has 0 N–H and O–H groups in total. The van der Waals surface area contributed by atoms with Crippen LogP contribution in [0.4, 0.5) is 4.39 Å². The second-order valence-corrected chi connectivity index (χ2v) is 8.61. The molecular weight excluding hydrogens is 355 g/mol. The van der Waals surface area contributed by atoms with Crippen molar-refractivity contribution in [3.05, 3.63) is 35.3 Å². The number of hydrogen-bond acceptors (Lipinski definition) is 3. The summed E-state index contributed by atoms with van der Waals surface area (Å²) in [7, 11) is 2.05. The van der Waals surface area contributed by atoms with Crippen LogP contribution in [0.25, 0.3) is 10.9 Å². The summed E-state index contributed by atoms with van der Waals surface area (Å²) in [4.78, 5) is 19.7. The fourth-order valence-corrected chi connectivity index (χ4v) is 5.10. The molecule has 2 aromatic rings. The molecule has 1 aliphatic carbocycles. The zero-order valence-electron chi connectivity index (χ0n) is 16.7. The molecule has 1 aromatic carbocycles. The Kier molecular flexibility index (Phi) is 4.63. The van der Waals surface area contributed by atoms with E-state index in [1.165, 1.54) is 36.6 Å². The molecule has 1 saturated heterocycles. The van der Waals surface area contributed by atoms with Crippen LogP contribution in [-0.2, 0) is 24.8 Å². The van der Waals surface area contributed by atoms with Crippen LogP contribution in [0.5, 0.6) is 0 Å². The zero-order chi connectivity index (χ0) is 19.3. The fraction of sp³-hybridized carbons (Fsp3) is 0.591. The van der Waals surface area contributed by atoms with Gasteiger partial charge in [-0.1, -0.05) is 6.42 Å². The molecule has 2 fully saturated rings. The number of nitrogens with zero attached hydrogens (tertiary/aromatic N) is 4. The summed E-state index contributed by atoms with van der Waals surface area (Å²) in [5, 5.41) is 1.02. The highest BCUT2D eigenvalue weighted by Crippen LogP contribution is 2.30. The first-order valence-electron chi connectivity index (χ1n) is 10.6. The van der Waals surface area contributed by atoms with Crippen LogP contribution in [0.2, 0.25) is 0 Å². The minimum atomic E-state index is -0.181. The number of halogens is 1. The lowest BCUT2D eigenvalue weighted by molar-refractivity contribution is -0.135. The number of fused-ring (bicyclic) bond motifs is 3. The summed E-state index contributed by atoms with van der Waals surface area (Å²) in [5.74, 6) is 0.0704. The zero-order valence-corrected chi connectivity index (χ0v) is 16.7. The highest BCUT2D eigenvalue weighted by Gasteiger charge is 2.30. The predicted molar refractivity (Wildman–Crippen MR) is 108 cm³/mol. The molecular formula is C22H29FN4O. The van der Waals surface area contributed by atoms with Gasteiger partial charge in [-0.2, -0.15) is 0 Å². The molecule has 0 bridgehead atoms. The molecule has 3 heterocycles. The Balaban J connectivity index is 1.23. The molecule has 5 nitrogen and oxygen atoms in total. The second-order valence-electron chi connectivity index (χ2n) is 8.61. The minimum absolute atomic E-state index is 0.181. The lowest BCUT2D eigenvalue weighted by atomic mass is 9.91.